The van der Waals surface area contributed by atoms with E-state index >= 15 is 0 Å². The van der Waals surface area contributed by atoms with E-state index < -0.39 is 12.2 Å². The number of aliphatic imine (C=N–C) groups is 1. The molecule has 0 bridgehead atoms. The molecule has 2 aromatic rings. The van der Waals surface area contributed by atoms with Crippen molar-refractivity contribution >= 4 is 17.9 Å². The quantitative estimate of drug-likeness (QED) is 0.722. The van der Waals surface area contributed by atoms with E-state index in [9.17, 15) is 9.59 Å². The van der Waals surface area contributed by atoms with Gasteiger partial charge in [-0.2, -0.15) is 0 Å². The Kier molecular flexibility index (Phi) is 5.93. The monoisotopic (exact) mass is 419 g/mol. The number of benzene rings is 2. The van der Waals surface area contributed by atoms with Gasteiger partial charge in [0.2, 0.25) is 0 Å². The van der Waals surface area contributed by atoms with Crippen LogP contribution in [0.3, 0.4) is 0 Å². The molecule has 4 rings (SSSR count). The molecule has 2 aromatic carbocycles. The van der Waals surface area contributed by atoms with Crippen molar-refractivity contribution in [3.8, 4) is 0 Å². The van der Waals surface area contributed by atoms with Gasteiger partial charge in [-0.1, -0.05) is 60.7 Å². The van der Waals surface area contributed by atoms with E-state index in [2.05, 4.69) is 34.1 Å². The van der Waals surface area contributed by atoms with E-state index in [1.807, 2.05) is 43.4 Å². The molecule has 31 heavy (non-hydrogen) atoms. The van der Waals surface area contributed by atoms with E-state index in [-0.39, 0.29) is 11.9 Å². The third-order valence-corrected chi connectivity index (χ3v) is 6.00. The van der Waals surface area contributed by atoms with Gasteiger partial charge in [-0.05, 0) is 24.0 Å². The number of guanidine groups is 1. The highest BCUT2D eigenvalue weighted by Crippen LogP contribution is 2.28. The molecule has 2 aliphatic heterocycles. The van der Waals surface area contributed by atoms with Gasteiger partial charge in [0.15, 0.2) is 18.2 Å². The van der Waals surface area contributed by atoms with Crippen LogP contribution >= 0.6 is 0 Å². The number of fused-ring (bicyclic) bond motifs is 1. The molecule has 2 heterocycles. The first kappa shape index (κ1) is 20.9. The Balaban J connectivity index is 1.56. The van der Waals surface area contributed by atoms with Crippen LogP contribution in [-0.4, -0.2) is 77.4 Å². The third kappa shape index (κ3) is 4.13. The van der Waals surface area contributed by atoms with Gasteiger partial charge in [0.05, 0.1) is 0 Å². The van der Waals surface area contributed by atoms with Crippen LogP contribution in [-0.2, 0) is 17.8 Å². The molecule has 0 N–H and O–H groups in total. The summed E-state index contributed by atoms with van der Waals surface area (Å²) in [6.45, 7) is 1.37. The average Bonchev–Trinajstić information content (AvgIpc) is 3.17. The summed E-state index contributed by atoms with van der Waals surface area (Å²) in [5, 5.41) is 0. The minimum atomic E-state index is -0.499. The summed E-state index contributed by atoms with van der Waals surface area (Å²) < 4.78 is 0. The molecular weight excluding hydrogens is 390 g/mol. The summed E-state index contributed by atoms with van der Waals surface area (Å²) in [4.78, 5) is 37.3. The summed E-state index contributed by atoms with van der Waals surface area (Å²) in [7, 11) is 5.25. The molecule has 3 amide bonds. The van der Waals surface area contributed by atoms with Gasteiger partial charge in [0.25, 0.3) is 5.91 Å². The number of amides is 3. The fourth-order valence-corrected chi connectivity index (χ4v) is 4.33. The number of likely N-dealkylation sites (N-methyl/N-ethyl adjacent to an activating group) is 2. The van der Waals surface area contributed by atoms with E-state index in [0.717, 1.165) is 18.8 Å². The topological polar surface area (TPSA) is 59.5 Å². The predicted octanol–water partition coefficient (Wildman–Crippen LogP) is 2.64. The summed E-state index contributed by atoms with van der Waals surface area (Å²) in [5.74, 6) is 0.565. The van der Waals surface area contributed by atoms with Gasteiger partial charge >= 0.3 is 6.03 Å². The minimum absolute atomic E-state index is 0.195. The first-order chi connectivity index (χ1) is 15.0. The van der Waals surface area contributed by atoms with Crippen LogP contribution in [0.4, 0.5) is 4.79 Å². The van der Waals surface area contributed by atoms with Crippen molar-refractivity contribution in [2.45, 2.75) is 31.6 Å². The van der Waals surface area contributed by atoms with Gasteiger partial charge in [0, 0.05) is 34.2 Å². The number of nitrogens with zero attached hydrogens (tertiary/aromatic N) is 5. The number of aryl methyl sites for hydroxylation is 1. The third-order valence-electron chi connectivity index (χ3n) is 6.00. The fraction of sp³-hybridized carbons (Fsp3) is 0.375. The second kappa shape index (κ2) is 8.79. The number of hydrogen-bond acceptors (Lipinski definition) is 5. The molecule has 0 aromatic heterocycles. The predicted molar refractivity (Wildman–Crippen MR) is 120 cm³/mol. The van der Waals surface area contributed by atoms with Crippen LogP contribution in [0.15, 0.2) is 65.7 Å². The highest BCUT2D eigenvalue weighted by molar-refractivity contribution is 6.03. The number of carbonyl (C=O) groups excluding carboxylic acids is 2. The average molecular weight is 420 g/mol. The second-order valence-corrected chi connectivity index (χ2v) is 8.20. The lowest BCUT2D eigenvalue weighted by Crippen LogP contribution is -2.64. The number of carbonyl (C=O) groups is 2. The van der Waals surface area contributed by atoms with E-state index in [4.69, 9.17) is 4.99 Å². The molecule has 162 valence electrons. The summed E-state index contributed by atoms with van der Waals surface area (Å²) >= 11 is 0. The lowest BCUT2D eigenvalue weighted by Gasteiger charge is -2.40. The second-order valence-electron chi connectivity index (χ2n) is 8.20. The molecule has 1 saturated heterocycles. The molecule has 2 atom stereocenters. The Morgan fingerprint density at radius 2 is 1.55 bits per heavy atom. The summed E-state index contributed by atoms with van der Waals surface area (Å²) in [6.07, 6.45) is 1.31. The van der Waals surface area contributed by atoms with Gasteiger partial charge in [0.1, 0.15) is 0 Å². The zero-order chi connectivity index (χ0) is 22.0. The van der Waals surface area contributed by atoms with Crippen molar-refractivity contribution in [2.24, 2.45) is 4.99 Å². The van der Waals surface area contributed by atoms with Crippen molar-refractivity contribution in [1.82, 2.24) is 19.6 Å². The first-order valence-electron chi connectivity index (χ1n) is 10.6. The molecule has 7 nitrogen and oxygen atoms in total. The zero-order valence-corrected chi connectivity index (χ0v) is 18.3. The smallest absolute Gasteiger partial charge is 0.328 e. The Labute approximate surface area is 183 Å². The summed E-state index contributed by atoms with van der Waals surface area (Å²) in [6, 6.07) is 19.7. The highest BCUT2D eigenvalue weighted by atomic mass is 16.2. The standard InChI is InChI=1S/C24H29N5O2/c1-26(17-19-13-8-5-9-14-19)23-25-21-20(22(30)28(3)24(31)27(21)2)29(23)16-10-15-18-11-6-4-7-12-18/h4-9,11-14,20-21H,10,15-17H2,1-3H3. The molecule has 7 heteroatoms. The first-order valence-corrected chi connectivity index (χ1v) is 10.6. The van der Waals surface area contributed by atoms with Crippen LogP contribution in [0.2, 0.25) is 0 Å². The number of hydrogen-bond donors (Lipinski definition) is 0. The van der Waals surface area contributed by atoms with Crippen LogP contribution in [0.25, 0.3) is 0 Å². The maximum atomic E-state index is 13.1. The molecule has 0 radical (unpaired) electrons. The van der Waals surface area contributed by atoms with Crippen LogP contribution in [0, 0.1) is 0 Å². The molecule has 0 saturated carbocycles. The fourth-order valence-electron chi connectivity index (χ4n) is 4.33. The molecule has 2 unspecified atom stereocenters. The van der Waals surface area contributed by atoms with Crippen LogP contribution < -0.4 is 0 Å². The van der Waals surface area contributed by atoms with E-state index in [1.165, 1.54) is 16.0 Å². The van der Waals surface area contributed by atoms with Gasteiger partial charge in [-0.15, -0.1) is 0 Å². The van der Waals surface area contributed by atoms with Crippen LogP contribution in [0.5, 0.6) is 0 Å². The van der Waals surface area contributed by atoms with Gasteiger partial charge in [-0.25, -0.2) is 9.79 Å². The highest BCUT2D eigenvalue weighted by Gasteiger charge is 2.51. The Hall–Kier alpha value is -3.35. The summed E-state index contributed by atoms with van der Waals surface area (Å²) in [5.41, 5.74) is 2.44. The van der Waals surface area contributed by atoms with Crippen molar-refractivity contribution in [1.29, 1.82) is 0 Å². The lowest BCUT2D eigenvalue weighted by atomic mass is 10.1. The SMILES string of the molecule is CN(Cc1ccccc1)C1=NC2C(C(=O)N(C)C(=O)N2C)N1CCCc1ccccc1. The minimum Gasteiger partial charge on any atom is -0.341 e. The number of rotatable bonds is 6. The van der Waals surface area contributed by atoms with Crippen molar-refractivity contribution in [3.05, 3.63) is 71.8 Å². The largest absolute Gasteiger partial charge is 0.341 e. The molecule has 2 aliphatic rings. The molecule has 0 spiro atoms. The normalized spacial score (nSPS) is 20.7. The molecule has 1 fully saturated rings. The van der Waals surface area contributed by atoms with E-state index in [1.54, 1.807) is 19.0 Å². The van der Waals surface area contributed by atoms with Crippen molar-refractivity contribution < 1.29 is 9.59 Å². The van der Waals surface area contributed by atoms with Gasteiger partial charge in [-0.3, -0.25) is 9.69 Å². The number of urea groups is 1. The van der Waals surface area contributed by atoms with E-state index in [0.29, 0.717) is 13.1 Å². The van der Waals surface area contributed by atoms with Crippen LogP contribution in [0.1, 0.15) is 17.5 Å². The Morgan fingerprint density at radius 3 is 2.19 bits per heavy atom. The number of imide groups is 1. The maximum Gasteiger partial charge on any atom is 0.328 e. The van der Waals surface area contributed by atoms with Gasteiger partial charge < -0.3 is 14.7 Å². The molecular formula is C24H29N5O2. The zero-order valence-electron chi connectivity index (χ0n) is 18.3. The Morgan fingerprint density at radius 1 is 0.935 bits per heavy atom. The maximum absolute atomic E-state index is 13.1. The van der Waals surface area contributed by atoms with Crippen molar-refractivity contribution in [2.75, 3.05) is 27.7 Å². The molecule has 0 aliphatic carbocycles. The lowest BCUT2D eigenvalue weighted by molar-refractivity contribution is -0.136. The van der Waals surface area contributed by atoms with Crippen molar-refractivity contribution in [3.63, 3.8) is 0 Å². The Bertz CT molecular complexity index is 962.